The lowest BCUT2D eigenvalue weighted by Gasteiger charge is -2.23. The maximum Gasteiger partial charge on any atom is 0.101 e. The summed E-state index contributed by atoms with van der Waals surface area (Å²) in [6, 6.07) is 15.7. The van der Waals surface area contributed by atoms with Gasteiger partial charge in [-0.1, -0.05) is 28.1 Å². The van der Waals surface area contributed by atoms with Crippen LogP contribution in [-0.4, -0.2) is 7.05 Å². The molecule has 2 aromatic rings. The summed E-state index contributed by atoms with van der Waals surface area (Å²) in [4.78, 5) is 1.99. The SMILES string of the molecule is CN(c1ccccc1C#N)c1ccc(Br)cc1CCl. The molecule has 4 heteroatoms. The highest BCUT2D eigenvalue weighted by molar-refractivity contribution is 9.10. The minimum Gasteiger partial charge on any atom is -0.343 e. The van der Waals surface area contributed by atoms with Crippen LogP contribution in [0.2, 0.25) is 0 Å². The Balaban J connectivity index is 2.50. The Morgan fingerprint density at radius 2 is 1.95 bits per heavy atom. The molecule has 96 valence electrons. The molecule has 0 aliphatic carbocycles. The van der Waals surface area contributed by atoms with E-state index in [9.17, 15) is 5.26 Å². The van der Waals surface area contributed by atoms with E-state index in [-0.39, 0.29) is 0 Å². The van der Waals surface area contributed by atoms with Gasteiger partial charge >= 0.3 is 0 Å². The van der Waals surface area contributed by atoms with Crippen molar-refractivity contribution in [2.45, 2.75) is 5.88 Å². The third-order valence-electron chi connectivity index (χ3n) is 2.93. The number of halogens is 2. The molecule has 0 atom stereocenters. The van der Waals surface area contributed by atoms with Crippen molar-refractivity contribution in [3.63, 3.8) is 0 Å². The Labute approximate surface area is 126 Å². The number of hydrogen-bond acceptors (Lipinski definition) is 2. The topological polar surface area (TPSA) is 27.0 Å². The lowest BCUT2D eigenvalue weighted by Crippen LogP contribution is -2.12. The van der Waals surface area contributed by atoms with Gasteiger partial charge in [0.25, 0.3) is 0 Å². The van der Waals surface area contributed by atoms with E-state index in [0.717, 1.165) is 21.4 Å². The van der Waals surface area contributed by atoms with Crippen LogP contribution in [0.5, 0.6) is 0 Å². The summed E-state index contributed by atoms with van der Waals surface area (Å²) < 4.78 is 0.994. The number of nitriles is 1. The maximum atomic E-state index is 9.17. The van der Waals surface area contributed by atoms with Gasteiger partial charge in [-0.15, -0.1) is 11.6 Å². The molecular formula is C15H12BrClN2. The van der Waals surface area contributed by atoms with Gasteiger partial charge in [0.05, 0.1) is 11.3 Å². The van der Waals surface area contributed by atoms with Crippen molar-refractivity contribution in [2.75, 3.05) is 11.9 Å². The van der Waals surface area contributed by atoms with Crippen molar-refractivity contribution >= 4 is 38.9 Å². The van der Waals surface area contributed by atoms with Crippen molar-refractivity contribution < 1.29 is 0 Å². The molecule has 0 saturated heterocycles. The zero-order valence-electron chi connectivity index (χ0n) is 10.4. The molecule has 0 N–H and O–H groups in total. The van der Waals surface area contributed by atoms with E-state index >= 15 is 0 Å². The first-order chi connectivity index (χ1) is 9.17. The second kappa shape index (κ2) is 6.10. The van der Waals surface area contributed by atoms with Crippen LogP contribution in [0.1, 0.15) is 11.1 Å². The number of benzene rings is 2. The molecule has 0 aromatic heterocycles. The second-order valence-corrected chi connectivity index (χ2v) is 5.28. The molecule has 2 rings (SSSR count). The third kappa shape index (κ3) is 2.91. The first-order valence-corrected chi connectivity index (χ1v) is 7.07. The highest BCUT2D eigenvalue weighted by Crippen LogP contribution is 2.31. The lowest BCUT2D eigenvalue weighted by atomic mass is 10.1. The predicted octanol–water partition coefficient (Wildman–Crippen LogP) is 4.83. The van der Waals surface area contributed by atoms with E-state index in [2.05, 4.69) is 22.0 Å². The quantitative estimate of drug-likeness (QED) is 0.751. The Hall–Kier alpha value is -1.50. The Morgan fingerprint density at radius 1 is 1.21 bits per heavy atom. The van der Waals surface area contributed by atoms with Gasteiger partial charge in [-0.3, -0.25) is 0 Å². The maximum absolute atomic E-state index is 9.17. The molecule has 0 radical (unpaired) electrons. The highest BCUT2D eigenvalue weighted by Gasteiger charge is 2.12. The van der Waals surface area contributed by atoms with E-state index in [1.54, 1.807) is 0 Å². The van der Waals surface area contributed by atoms with Crippen LogP contribution in [-0.2, 0) is 5.88 Å². The Morgan fingerprint density at radius 3 is 2.63 bits per heavy atom. The zero-order chi connectivity index (χ0) is 13.8. The van der Waals surface area contributed by atoms with E-state index in [1.807, 2.05) is 54.4 Å². The van der Waals surface area contributed by atoms with Gasteiger partial charge in [0.15, 0.2) is 0 Å². The van der Waals surface area contributed by atoms with Gasteiger partial charge < -0.3 is 4.90 Å². The molecule has 0 spiro atoms. The second-order valence-electron chi connectivity index (χ2n) is 4.09. The summed E-state index contributed by atoms with van der Waals surface area (Å²) in [5, 5.41) is 9.17. The molecule has 0 aliphatic heterocycles. The van der Waals surface area contributed by atoms with Crippen molar-refractivity contribution in [1.29, 1.82) is 5.26 Å². The third-order valence-corrected chi connectivity index (χ3v) is 3.71. The lowest BCUT2D eigenvalue weighted by molar-refractivity contribution is 1.17. The monoisotopic (exact) mass is 334 g/mol. The van der Waals surface area contributed by atoms with Crippen LogP contribution in [0.25, 0.3) is 0 Å². The van der Waals surface area contributed by atoms with E-state index in [0.29, 0.717) is 11.4 Å². The minimum atomic E-state index is 0.424. The van der Waals surface area contributed by atoms with E-state index in [4.69, 9.17) is 11.6 Å². The highest BCUT2D eigenvalue weighted by atomic mass is 79.9. The number of para-hydroxylation sites is 1. The molecule has 0 aliphatic rings. The van der Waals surface area contributed by atoms with Gasteiger partial charge in [-0.25, -0.2) is 0 Å². The van der Waals surface area contributed by atoms with Crippen LogP contribution in [0.3, 0.4) is 0 Å². The summed E-state index contributed by atoms with van der Waals surface area (Å²) in [6.07, 6.45) is 0. The van der Waals surface area contributed by atoms with Crippen LogP contribution in [0, 0.1) is 11.3 Å². The van der Waals surface area contributed by atoms with Crippen molar-refractivity contribution in [3.8, 4) is 6.07 Å². The molecular weight excluding hydrogens is 324 g/mol. The fourth-order valence-corrected chi connectivity index (χ4v) is 2.60. The smallest absolute Gasteiger partial charge is 0.101 e. The van der Waals surface area contributed by atoms with Gasteiger partial charge in [0.1, 0.15) is 6.07 Å². The number of hydrogen-bond donors (Lipinski definition) is 0. The first kappa shape index (κ1) is 13.9. The summed E-state index contributed by atoms with van der Waals surface area (Å²) in [5.41, 5.74) is 3.54. The van der Waals surface area contributed by atoms with Crippen LogP contribution in [0.4, 0.5) is 11.4 Å². The number of alkyl halides is 1. The van der Waals surface area contributed by atoms with Gasteiger partial charge in [-0.2, -0.15) is 5.26 Å². The molecule has 2 nitrogen and oxygen atoms in total. The molecule has 0 saturated carbocycles. The summed E-state index contributed by atoms with van der Waals surface area (Å²) >= 11 is 9.44. The molecule has 0 heterocycles. The van der Waals surface area contributed by atoms with Gasteiger partial charge in [0, 0.05) is 23.1 Å². The zero-order valence-corrected chi connectivity index (χ0v) is 12.7. The fourth-order valence-electron chi connectivity index (χ4n) is 1.98. The van der Waals surface area contributed by atoms with Crippen LogP contribution in [0.15, 0.2) is 46.9 Å². The largest absolute Gasteiger partial charge is 0.343 e. The van der Waals surface area contributed by atoms with Crippen molar-refractivity contribution in [2.24, 2.45) is 0 Å². The van der Waals surface area contributed by atoms with E-state index in [1.165, 1.54) is 0 Å². The molecule has 0 bridgehead atoms. The molecule has 0 amide bonds. The van der Waals surface area contributed by atoms with Gasteiger partial charge in [0.2, 0.25) is 0 Å². The summed E-state index contributed by atoms with van der Waals surface area (Å²) in [6.45, 7) is 0. The Kier molecular flexibility index (Phi) is 4.47. The number of anilines is 2. The predicted molar refractivity (Wildman–Crippen MR) is 82.9 cm³/mol. The molecule has 0 unspecified atom stereocenters. The molecule has 19 heavy (non-hydrogen) atoms. The summed E-state index contributed by atoms with van der Waals surface area (Å²) in [5.74, 6) is 0.424. The average Bonchev–Trinajstić information content (AvgIpc) is 2.46. The first-order valence-electron chi connectivity index (χ1n) is 5.74. The fraction of sp³-hybridized carbons (Fsp3) is 0.133. The molecule has 0 fully saturated rings. The Bertz CT molecular complexity index is 634. The van der Waals surface area contributed by atoms with Crippen molar-refractivity contribution in [1.82, 2.24) is 0 Å². The van der Waals surface area contributed by atoms with Crippen molar-refractivity contribution in [3.05, 3.63) is 58.1 Å². The van der Waals surface area contributed by atoms with Crippen LogP contribution >= 0.6 is 27.5 Å². The van der Waals surface area contributed by atoms with E-state index < -0.39 is 0 Å². The summed E-state index contributed by atoms with van der Waals surface area (Å²) in [7, 11) is 1.94. The number of rotatable bonds is 3. The average molecular weight is 336 g/mol. The minimum absolute atomic E-state index is 0.424. The molecule has 2 aromatic carbocycles. The standard InChI is InChI=1S/C15H12BrClN2/c1-19(14-5-3-2-4-11(14)10-18)15-7-6-13(16)8-12(15)9-17/h2-8H,9H2,1H3. The van der Waals surface area contributed by atoms with Crippen LogP contribution < -0.4 is 4.90 Å². The van der Waals surface area contributed by atoms with Gasteiger partial charge in [-0.05, 0) is 35.9 Å². The normalized spacial score (nSPS) is 10.0. The number of nitrogens with zero attached hydrogens (tertiary/aromatic N) is 2.